The molecule has 5 rings (SSSR count). The maximum absolute atomic E-state index is 12.2. The van der Waals surface area contributed by atoms with Crippen LogP contribution in [-0.4, -0.2) is 29.1 Å². The fourth-order valence-corrected chi connectivity index (χ4v) is 4.54. The van der Waals surface area contributed by atoms with Crippen molar-refractivity contribution in [3.8, 4) is 11.4 Å². The minimum Gasteiger partial charge on any atom is -0.349 e. The highest BCUT2D eigenvalue weighted by Gasteiger charge is 2.19. The van der Waals surface area contributed by atoms with Gasteiger partial charge in [-0.1, -0.05) is 11.6 Å². The van der Waals surface area contributed by atoms with Crippen LogP contribution in [0.2, 0.25) is 5.02 Å². The smallest absolute Gasteiger partial charge is 0.270 e. The Morgan fingerprint density at radius 1 is 0.917 bits per heavy atom. The van der Waals surface area contributed by atoms with Crippen LogP contribution in [0, 0.1) is 20.2 Å². The highest BCUT2D eigenvalue weighted by atomic mass is 35.5. The zero-order chi connectivity index (χ0) is 26.0. The first-order chi connectivity index (χ1) is 17.2. The molecular formula is C24H18ClN5O5S. The van der Waals surface area contributed by atoms with E-state index in [1.54, 1.807) is 42.1 Å². The van der Waals surface area contributed by atoms with Gasteiger partial charge in [0.15, 0.2) is 0 Å². The third-order valence-corrected chi connectivity index (χ3v) is 6.59. The Morgan fingerprint density at radius 2 is 1.56 bits per heavy atom. The molecule has 0 amide bonds. The summed E-state index contributed by atoms with van der Waals surface area (Å²) in [6.45, 7) is 0. The number of aryl methyl sites for hydroxylation is 2. The molecule has 5 aromatic rings. The van der Waals surface area contributed by atoms with Crippen LogP contribution < -0.4 is 0 Å². The van der Waals surface area contributed by atoms with Crippen LogP contribution in [0.5, 0.6) is 0 Å². The standard InChI is InChI=1S/C12H9ClN2O3.C12H9N3O2S/c1-14-6-2-3-11(14)12(16)9-7-8(15(17)18)4-5-10(9)13;1-14-6-2-3-10(14)12-9-7-8(15(16)17)4-5-11(9)18-13-12/h2*2-7H,1H3. The van der Waals surface area contributed by atoms with Gasteiger partial charge in [-0.3, -0.25) is 25.0 Å². The second kappa shape index (κ2) is 10.1. The zero-order valence-corrected chi connectivity index (χ0v) is 20.6. The monoisotopic (exact) mass is 523 g/mol. The predicted octanol–water partition coefficient (Wildman–Crippen LogP) is 6.03. The minimum atomic E-state index is -0.557. The number of nitrogens with zero attached hydrogens (tertiary/aromatic N) is 5. The molecule has 0 saturated heterocycles. The van der Waals surface area contributed by atoms with E-state index >= 15 is 0 Å². The molecule has 0 fully saturated rings. The van der Waals surface area contributed by atoms with Crippen LogP contribution in [0.25, 0.3) is 21.5 Å². The van der Waals surface area contributed by atoms with Crippen molar-refractivity contribution in [1.29, 1.82) is 0 Å². The van der Waals surface area contributed by atoms with Gasteiger partial charge < -0.3 is 9.13 Å². The third-order valence-electron chi connectivity index (χ3n) is 5.43. The average molecular weight is 524 g/mol. The highest BCUT2D eigenvalue weighted by molar-refractivity contribution is 7.13. The van der Waals surface area contributed by atoms with Crippen molar-refractivity contribution in [2.75, 3.05) is 0 Å². The van der Waals surface area contributed by atoms with E-state index in [0.29, 0.717) is 5.69 Å². The number of carbonyl (C=O) groups excluding carboxylic acids is 1. The molecule has 0 aliphatic heterocycles. The number of fused-ring (bicyclic) bond motifs is 1. The molecule has 0 saturated carbocycles. The Hall–Kier alpha value is -4.35. The van der Waals surface area contributed by atoms with Crippen molar-refractivity contribution < 1.29 is 14.6 Å². The number of nitro benzene ring substituents is 2. The lowest BCUT2D eigenvalue weighted by Gasteiger charge is -2.04. The number of non-ortho nitro benzene ring substituents is 2. The first-order valence-corrected chi connectivity index (χ1v) is 11.6. The molecule has 3 aromatic heterocycles. The molecule has 0 aliphatic rings. The molecule has 0 N–H and O–H groups in total. The van der Waals surface area contributed by atoms with E-state index in [4.69, 9.17) is 11.6 Å². The fourth-order valence-electron chi connectivity index (χ4n) is 3.57. The summed E-state index contributed by atoms with van der Waals surface area (Å²) in [5.41, 5.74) is 2.26. The highest BCUT2D eigenvalue weighted by Crippen LogP contribution is 2.33. The van der Waals surface area contributed by atoms with E-state index in [-0.39, 0.29) is 32.7 Å². The number of aromatic nitrogens is 3. The molecule has 0 unspecified atom stereocenters. The summed E-state index contributed by atoms with van der Waals surface area (Å²) in [6.07, 6.45) is 3.65. The van der Waals surface area contributed by atoms with E-state index < -0.39 is 4.92 Å². The number of hydrogen-bond donors (Lipinski definition) is 0. The van der Waals surface area contributed by atoms with Gasteiger partial charge >= 0.3 is 0 Å². The molecule has 0 atom stereocenters. The van der Waals surface area contributed by atoms with Crippen molar-refractivity contribution in [1.82, 2.24) is 13.5 Å². The Morgan fingerprint density at radius 3 is 2.17 bits per heavy atom. The molecule has 10 nitrogen and oxygen atoms in total. The van der Waals surface area contributed by atoms with Crippen molar-refractivity contribution in [3.63, 3.8) is 0 Å². The number of hydrogen-bond acceptors (Lipinski definition) is 7. The van der Waals surface area contributed by atoms with Gasteiger partial charge in [0.05, 0.1) is 31.0 Å². The second-order valence-electron chi connectivity index (χ2n) is 7.73. The van der Waals surface area contributed by atoms with Gasteiger partial charge in [-0.05, 0) is 47.9 Å². The summed E-state index contributed by atoms with van der Waals surface area (Å²) >= 11 is 7.27. The number of nitro groups is 2. The summed E-state index contributed by atoms with van der Waals surface area (Å²) in [5, 5.41) is 22.5. The number of benzene rings is 2. The zero-order valence-electron chi connectivity index (χ0n) is 19.0. The summed E-state index contributed by atoms with van der Waals surface area (Å²) in [5.74, 6) is -0.337. The van der Waals surface area contributed by atoms with Gasteiger partial charge in [-0.2, -0.15) is 4.37 Å². The lowest BCUT2D eigenvalue weighted by molar-refractivity contribution is -0.385. The van der Waals surface area contributed by atoms with Crippen LogP contribution in [-0.2, 0) is 14.1 Å². The Bertz CT molecular complexity index is 1620. The van der Waals surface area contributed by atoms with Gasteiger partial charge in [0.25, 0.3) is 11.4 Å². The van der Waals surface area contributed by atoms with Crippen LogP contribution in [0.3, 0.4) is 0 Å². The molecule has 182 valence electrons. The number of halogens is 1. The largest absolute Gasteiger partial charge is 0.349 e. The number of ketones is 1. The van der Waals surface area contributed by atoms with Crippen molar-refractivity contribution in [2.45, 2.75) is 0 Å². The molecule has 12 heteroatoms. The van der Waals surface area contributed by atoms with E-state index in [2.05, 4.69) is 4.37 Å². The molecular weight excluding hydrogens is 506 g/mol. The Balaban J connectivity index is 0.000000169. The first kappa shape index (κ1) is 24.8. The number of rotatable bonds is 5. The minimum absolute atomic E-state index is 0.0955. The van der Waals surface area contributed by atoms with Crippen LogP contribution in [0.4, 0.5) is 11.4 Å². The third kappa shape index (κ3) is 4.88. The SMILES string of the molecule is Cn1cccc1-c1nsc2ccc([N+](=O)[O-])cc12.Cn1cccc1C(=O)c1cc([N+](=O)[O-])ccc1Cl. The maximum atomic E-state index is 12.2. The van der Waals surface area contributed by atoms with Crippen LogP contribution >= 0.6 is 23.1 Å². The summed E-state index contributed by atoms with van der Waals surface area (Å²) in [7, 11) is 3.65. The predicted molar refractivity (Wildman–Crippen MR) is 138 cm³/mol. The van der Waals surface area contributed by atoms with Crippen molar-refractivity contribution >= 4 is 50.4 Å². The first-order valence-electron chi connectivity index (χ1n) is 10.4. The Labute approximate surface area is 213 Å². The Kier molecular flexibility index (Phi) is 6.95. The molecule has 0 radical (unpaired) electrons. The number of carbonyl (C=O) groups is 1. The molecule has 0 bridgehead atoms. The van der Waals surface area contributed by atoms with E-state index in [9.17, 15) is 25.0 Å². The maximum Gasteiger partial charge on any atom is 0.270 e. The molecule has 3 heterocycles. The van der Waals surface area contributed by atoms with Crippen LogP contribution in [0.15, 0.2) is 73.1 Å². The quantitative estimate of drug-likeness (QED) is 0.157. The van der Waals surface area contributed by atoms with E-state index in [0.717, 1.165) is 21.5 Å². The van der Waals surface area contributed by atoms with Gasteiger partial charge in [0.2, 0.25) is 5.78 Å². The normalized spacial score (nSPS) is 10.6. The van der Waals surface area contributed by atoms with Crippen molar-refractivity contribution in [3.05, 3.63) is 110 Å². The fraction of sp³-hybridized carbons (Fsp3) is 0.0833. The lowest BCUT2D eigenvalue weighted by atomic mass is 10.1. The molecule has 0 spiro atoms. The van der Waals surface area contributed by atoms with Gasteiger partial charge in [-0.25, -0.2) is 0 Å². The average Bonchev–Trinajstić information content (AvgIpc) is 3.58. The van der Waals surface area contributed by atoms with Gasteiger partial charge in [0.1, 0.15) is 5.69 Å². The summed E-state index contributed by atoms with van der Waals surface area (Å²) in [6, 6.07) is 15.9. The van der Waals surface area contributed by atoms with E-state index in [1.807, 2.05) is 29.9 Å². The van der Waals surface area contributed by atoms with Gasteiger partial charge in [-0.15, -0.1) is 0 Å². The van der Waals surface area contributed by atoms with E-state index in [1.165, 1.54) is 35.8 Å². The second-order valence-corrected chi connectivity index (χ2v) is 8.94. The van der Waals surface area contributed by atoms with Gasteiger partial charge in [0, 0.05) is 61.7 Å². The lowest BCUT2D eigenvalue weighted by Crippen LogP contribution is -2.07. The van der Waals surface area contributed by atoms with Crippen molar-refractivity contribution in [2.24, 2.45) is 14.1 Å². The molecule has 36 heavy (non-hydrogen) atoms. The summed E-state index contributed by atoms with van der Waals surface area (Å²) < 4.78 is 8.94. The molecule has 0 aliphatic carbocycles. The topological polar surface area (TPSA) is 126 Å². The van der Waals surface area contributed by atoms with Crippen LogP contribution in [0.1, 0.15) is 16.1 Å². The molecule has 2 aromatic carbocycles. The summed E-state index contributed by atoms with van der Waals surface area (Å²) in [4.78, 5) is 32.8.